The van der Waals surface area contributed by atoms with Crippen molar-refractivity contribution in [1.29, 1.82) is 0 Å². The van der Waals surface area contributed by atoms with E-state index in [4.69, 9.17) is 5.11 Å². The van der Waals surface area contributed by atoms with Crippen molar-refractivity contribution in [1.82, 2.24) is 9.36 Å². The van der Waals surface area contributed by atoms with Crippen LogP contribution >= 0.6 is 11.5 Å². The summed E-state index contributed by atoms with van der Waals surface area (Å²) in [5, 5.41) is 8.41. The van der Waals surface area contributed by atoms with Crippen LogP contribution < -0.4 is 0 Å². The Balaban J connectivity index is 2.30. The van der Waals surface area contributed by atoms with Crippen molar-refractivity contribution in [2.45, 2.75) is 12.8 Å². The highest BCUT2D eigenvalue weighted by Crippen LogP contribution is 1.96. The average Bonchev–Trinajstić information content (AvgIpc) is 2.34. The Kier molecular flexibility index (Phi) is 2.60. The summed E-state index contributed by atoms with van der Waals surface area (Å²) in [7, 11) is 0. The maximum atomic E-state index is 8.41. The Labute approximate surface area is 57.5 Å². The van der Waals surface area contributed by atoms with Gasteiger partial charge in [0.05, 0.1) is 0 Å². The monoisotopic (exact) mass is 144 g/mol. The molecular formula is C5H8N2OS. The molecule has 0 aromatic carbocycles. The fourth-order valence-electron chi connectivity index (χ4n) is 0.540. The van der Waals surface area contributed by atoms with Crippen LogP contribution in [0.1, 0.15) is 12.2 Å². The van der Waals surface area contributed by atoms with Crippen LogP contribution in [-0.4, -0.2) is 21.1 Å². The van der Waals surface area contributed by atoms with Gasteiger partial charge >= 0.3 is 0 Å². The first-order valence-corrected chi connectivity index (χ1v) is 3.63. The summed E-state index contributed by atoms with van der Waals surface area (Å²) in [6, 6.07) is 0. The number of aryl methyl sites for hydroxylation is 1. The molecule has 0 bridgehead atoms. The Morgan fingerprint density at radius 3 is 3.11 bits per heavy atom. The van der Waals surface area contributed by atoms with Crippen molar-refractivity contribution < 1.29 is 5.11 Å². The van der Waals surface area contributed by atoms with Crippen LogP contribution in [0, 0.1) is 0 Å². The standard InChI is InChI=1S/C5H8N2OS/c8-3-1-2-5-6-4-9-7-5/h4,8H,1-3H2. The van der Waals surface area contributed by atoms with Gasteiger partial charge in [0.1, 0.15) is 11.3 Å². The summed E-state index contributed by atoms with van der Waals surface area (Å²) in [6.45, 7) is 0.221. The van der Waals surface area contributed by atoms with Gasteiger partial charge in [0, 0.05) is 13.0 Å². The van der Waals surface area contributed by atoms with Crippen LogP contribution in [0.15, 0.2) is 5.51 Å². The molecule has 0 aliphatic heterocycles. The van der Waals surface area contributed by atoms with E-state index in [9.17, 15) is 0 Å². The molecule has 1 heterocycles. The van der Waals surface area contributed by atoms with E-state index in [1.54, 1.807) is 5.51 Å². The van der Waals surface area contributed by atoms with Crippen molar-refractivity contribution in [3.8, 4) is 0 Å². The van der Waals surface area contributed by atoms with Gasteiger partial charge in [-0.2, -0.15) is 4.37 Å². The molecule has 3 nitrogen and oxygen atoms in total. The van der Waals surface area contributed by atoms with Crippen LogP contribution in [0.4, 0.5) is 0 Å². The molecule has 1 aromatic heterocycles. The third kappa shape index (κ3) is 2.07. The minimum atomic E-state index is 0.221. The second-order valence-electron chi connectivity index (χ2n) is 1.67. The molecule has 0 saturated carbocycles. The maximum Gasteiger partial charge on any atom is 0.142 e. The average molecular weight is 144 g/mol. The van der Waals surface area contributed by atoms with E-state index >= 15 is 0 Å². The van der Waals surface area contributed by atoms with Gasteiger partial charge in [0.15, 0.2) is 0 Å². The molecule has 1 N–H and O–H groups in total. The molecule has 0 saturated heterocycles. The van der Waals surface area contributed by atoms with Crippen molar-refractivity contribution >= 4 is 11.5 Å². The molecule has 9 heavy (non-hydrogen) atoms. The lowest BCUT2D eigenvalue weighted by Crippen LogP contribution is -1.90. The Morgan fingerprint density at radius 1 is 1.67 bits per heavy atom. The number of hydrogen-bond donors (Lipinski definition) is 1. The highest BCUT2D eigenvalue weighted by Gasteiger charge is 1.93. The first kappa shape index (κ1) is 6.64. The number of rotatable bonds is 3. The zero-order valence-electron chi connectivity index (χ0n) is 4.95. The van der Waals surface area contributed by atoms with E-state index in [0.717, 1.165) is 18.7 Å². The molecule has 0 unspecified atom stereocenters. The molecule has 0 amide bonds. The van der Waals surface area contributed by atoms with E-state index < -0.39 is 0 Å². The van der Waals surface area contributed by atoms with Crippen LogP contribution in [0.5, 0.6) is 0 Å². The third-order valence-electron chi connectivity index (χ3n) is 0.965. The summed E-state index contributed by atoms with van der Waals surface area (Å²) < 4.78 is 3.97. The van der Waals surface area contributed by atoms with Crippen molar-refractivity contribution in [3.63, 3.8) is 0 Å². The minimum Gasteiger partial charge on any atom is -0.396 e. The number of aliphatic hydroxyl groups excluding tert-OH is 1. The summed E-state index contributed by atoms with van der Waals surface area (Å²) in [5.41, 5.74) is 1.70. The van der Waals surface area contributed by atoms with Gasteiger partial charge in [-0.25, -0.2) is 4.98 Å². The normalized spacial score (nSPS) is 9.89. The number of hydrogen-bond acceptors (Lipinski definition) is 4. The molecule has 0 fully saturated rings. The van der Waals surface area contributed by atoms with Crippen molar-refractivity contribution in [2.24, 2.45) is 0 Å². The maximum absolute atomic E-state index is 8.41. The molecule has 0 spiro atoms. The first-order valence-electron chi connectivity index (χ1n) is 2.79. The topological polar surface area (TPSA) is 46.0 Å². The third-order valence-corrected chi connectivity index (χ3v) is 1.48. The fourth-order valence-corrected chi connectivity index (χ4v) is 1.02. The predicted octanol–water partition coefficient (Wildman–Crippen LogP) is 0.463. The van der Waals surface area contributed by atoms with Crippen LogP contribution in [0.2, 0.25) is 0 Å². The van der Waals surface area contributed by atoms with Crippen molar-refractivity contribution in [3.05, 3.63) is 11.3 Å². The Morgan fingerprint density at radius 2 is 2.56 bits per heavy atom. The lowest BCUT2D eigenvalue weighted by molar-refractivity contribution is 0.287. The van der Waals surface area contributed by atoms with Crippen LogP contribution in [0.3, 0.4) is 0 Å². The zero-order chi connectivity index (χ0) is 6.53. The molecule has 1 aromatic rings. The molecule has 50 valence electrons. The number of aliphatic hydroxyl groups is 1. The molecule has 4 heteroatoms. The molecule has 0 aliphatic carbocycles. The number of aromatic nitrogens is 2. The second-order valence-corrected chi connectivity index (χ2v) is 2.28. The van der Waals surface area contributed by atoms with E-state index in [-0.39, 0.29) is 6.61 Å². The van der Waals surface area contributed by atoms with E-state index in [1.807, 2.05) is 0 Å². The highest BCUT2D eigenvalue weighted by molar-refractivity contribution is 7.03. The van der Waals surface area contributed by atoms with Gasteiger partial charge < -0.3 is 5.11 Å². The van der Waals surface area contributed by atoms with Gasteiger partial charge in [-0.15, -0.1) is 0 Å². The second kappa shape index (κ2) is 3.53. The molecule has 0 radical (unpaired) electrons. The quantitative estimate of drug-likeness (QED) is 0.670. The summed E-state index contributed by atoms with van der Waals surface area (Å²) in [6.07, 6.45) is 1.55. The molecule has 0 atom stereocenters. The van der Waals surface area contributed by atoms with Crippen LogP contribution in [0.25, 0.3) is 0 Å². The van der Waals surface area contributed by atoms with Crippen molar-refractivity contribution in [2.75, 3.05) is 6.61 Å². The zero-order valence-corrected chi connectivity index (χ0v) is 5.77. The van der Waals surface area contributed by atoms with Gasteiger partial charge in [-0.3, -0.25) is 0 Å². The largest absolute Gasteiger partial charge is 0.396 e. The molecule has 0 aliphatic rings. The SMILES string of the molecule is OCCCc1ncsn1. The van der Waals surface area contributed by atoms with Gasteiger partial charge in [0.2, 0.25) is 0 Å². The summed E-state index contributed by atoms with van der Waals surface area (Å²) in [5.74, 6) is 0.842. The van der Waals surface area contributed by atoms with E-state index in [2.05, 4.69) is 9.36 Å². The van der Waals surface area contributed by atoms with E-state index in [1.165, 1.54) is 11.5 Å². The summed E-state index contributed by atoms with van der Waals surface area (Å²) in [4.78, 5) is 3.95. The smallest absolute Gasteiger partial charge is 0.142 e. The minimum absolute atomic E-state index is 0.221. The van der Waals surface area contributed by atoms with Gasteiger partial charge in [-0.1, -0.05) is 0 Å². The fraction of sp³-hybridized carbons (Fsp3) is 0.600. The Bertz CT molecular complexity index is 152. The van der Waals surface area contributed by atoms with Gasteiger partial charge in [-0.05, 0) is 18.0 Å². The Hall–Kier alpha value is -0.480. The lowest BCUT2D eigenvalue weighted by atomic mass is 10.3. The number of nitrogens with zero attached hydrogens (tertiary/aromatic N) is 2. The van der Waals surface area contributed by atoms with Gasteiger partial charge in [0.25, 0.3) is 0 Å². The first-order chi connectivity index (χ1) is 4.43. The summed E-state index contributed by atoms with van der Waals surface area (Å²) >= 11 is 1.35. The molecule has 1 rings (SSSR count). The molecular weight excluding hydrogens is 136 g/mol. The lowest BCUT2D eigenvalue weighted by Gasteiger charge is -1.87. The predicted molar refractivity (Wildman–Crippen MR) is 35.3 cm³/mol. The van der Waals surface area contributed by atoms with E-state index in [0.29, 0.717) is 0 Å². The van der Waals surface area contributed by atoms with Crippen LogP contribution in [-0.2, 0) is 6.42 Å². The highest BCUT2D eigenvalue weighted by atomic mass is 32.1.